The first-order valence-corrected chi connectivity index (χ1v) is 8.56. The summed E-state index contributed by atoms with van der Waals surface area (Å²) in [6.07, 6.45) is 5.16. The van der Waals surface area contributed by atoms with E-state index in [1.54, 1.807) is 4.90 Å². The first-order chi connectivity index (χ1) is 11.1. The molecular formula is C19H27NO3. The topological polar surface area (TPSA) is 46.6 Å². The van der Waals surface area contributed by atoms with Crippen LogP contribution in [0.3, 0.4) is 0 Å². The van der Waals surface area contributed by atoms with Gasteiger partial charge in [-0.05, 0) is 54.4 Å². The molecule has 0 saturated carbocycles. The summed E-state index contributed by atoms with van der Waals surface area (Å²) in [6.45, 7) is 6.46. The largest absolute Gasteiger partial charge is 0.467 e. The molecule has 1 saturated heterocycles. The van der Waals surface area contributed by atoms with Crippen LogP contribution in [0.2, 0.25) is 0 Å². The average Bonchev–Trinajstić information content (AvgIpc) is 3.02. The van der Waals surface area contributed by atoms with Crippen LogP contribution in [0.25, 0.3) is 0 Å². The first-order valence-electron chi connectivity index (χ1n) is 8.56. The fourth-order valence-electron chi connectivity index (χ4n) is 3.72. The Balaban J connectivity index is 2.48. The van der Waals surface area contributed by atoms with E-state index in [9.17, 15) is 9.59 Å². The van der Waals surface area contributed by atoms with Crippen LogP contribution in [0.5, 0.6) is 0 Å². The van der Waals surface area contributed by atoms with E-state index in [2.05, 4.69) is 32.9 Å². The van der Waals surface area contributed by atoms with E-state index in [0.717, 1.165) is 32.1 Å². The second-order valence-corrected chi connectivity index (χ2v) is 6.07. The molecule has 0 N–H and O–H groups in total. The molecule has 0 aliphatic carbocycles. The first kappa shape index (κ1) is 17.5. The maximum Gasteiger partial charge on any atom is 0.328 e. The van der Waals surface area contributed by atoms with Crippen LogP contribution >= 0.6 is 0 Å². The van der Waals surface area contributed by atoms with Gasteiger partial charge in [0, 0.05) is 0 Å². The molecule has 1 fully saturated rings. The third kappa shape index (κ3) is 3.26. The van der Waals surface area contributed by atoms with Crippen LogP contribution in [-0.4, -0.2) is 30.4 Å². The van der Waals surface area contributed by atoms with Crippen molar-refractivity contribution in [1.82, 2.24) is 4.90 Å². The zero-order valence-corrected chi connectivity index (χ0v) is 14.6. The fourth-order valence-corrected chi connectivity index (χ4v) is 3.72. The van der Waals surface area contributed by atoms with Crippen LogP contribution in [0.4, 0.5) is 0 Å². The van der Waals surface area contributed by atoms with Crippen LogP contribution in [0.1, 0.15) is 61.9 Å². The van der Waals surface area contributed by atoms with E-state index in [4.69, 9.17) is 4.74 Å². The second kappa shape index (κ2) is 7.62. The van der Waals surface area contributed by atoms with E-state index in [-0.39, 0.29) is 12.0 Å². The van der Waals surface area contributed by atoms with Crippen molar-refractivity contribution in [3.05, 3.63) is 34.4 Å². The van der Waals surface area contributed by atoms with Crippen molar-refractivity contribution in [2.24, 2.45) is 0 Å². The molecule has 23 heavy (non-hydrogen) atoms. The van der Waals surface area contributed by atoms with Crippen LogP contribution < -0.4 is 0 Å². The van der Waals surface area contributed by atoms with Crippen LogP contribution in [-0.2, 0) is 33.6 Å². The predicted molar refractivity (Wildman–Crippen MR) is 90.3 cm³/mol. The number of hydrogen-bond acceptors (Lipinski definition) is 3. The Kier molecular flexibility index (Phi) is 5.80. The molecule has 1 aliphatic rings. The number of amides is 1. The number of likely N-dealkylation sites (tertiary alicyclic amines) is 1. The maximum atomic E-state index is 11.9. The number of hydrogen-bond donors (Lipinski definition) is 0. The van der Waals surface area contributed by atoms with Gasteiger partial charge in [-0.3, -0.25) is 4.79 Å². The summed E-state index contributed by atoms with van der Waals surface area (Å²) < 4.78 is 4.86. The quantitative estimate of drug-likeness (QED) is 0.598. The summed E-state index contributed by atoms with van der Waals surface area (Å²) in [6, 6.07) is 4.03. The number of carbonyl (C=O) groups excluding carboxylic acids is 2. The van der Waals surface area contributed by atoms with Crippen molar-refractivity contribution in [2.45, 2.75) is 65.0 Å². The molecule has 0 bridgehead atoms. The van der Waals surface area contributed by atoms with Crippen molar-refractivity contribution in [3.63, 3.8) is 0 Å². The zero-order valence-electron chi connectivity index (χ0n) is 14.6. The highest BCUT2D eigenvalue weighted by Gasteiger charge is 2.39. The minimum atomic E-state index is -0.456. The lowest BCUT2D eigenvalue weighted by Gasteiger charge is -2.28. The summed E-state index contributed by atoms with van der Waals surface area (Å²) in [5, 5.41) is 0. The van der Waals surface area contributed by atoms with E-state index in [1.807, 2.05) is 0 Å². The van der Waals surface area contributed by atoms with Crippen molar-refractivity contribution >= 4 is 12.4 Å². The van der Waals surface area contributed by atoms with Crippen LogP contribution in [0, 0.1) is 0 Å². The Hall–Kier alpha value is -1.84. The molecule has 1 amide bonds. The van der Waals surface area contributed by atoms with Gasteiger partial charge >= 0.3 is 5.97 Å². The number of methoxy groups -OCH3 is 1. The lowest BCUT2D eigenvalue weighted by atomic mass is 9.88. The number of esters is 1. The fraction of sp³-hybridized carbons (Fsp3) is 0.579. The second-order valence-electron chi connectivity index (χ2n) is 6.07. The Bertz CT molecular complexity index is 557. The number of rotatable bonds is 6. The molecule has 0 spiro atoms. The minimum Gasteiger partial charge on any atom is -0.467 e. The molecule has 2 rings (SSSR count). The van der Waals surface area contributed by atoms with Gasteiger partial charge < -0.3 is 9.64 Å². The maximum absolute atomic E-state index is 11.9. The molecule has 1 aliphatic heterocycles. The van der Waals surface area contributed by atoms with Gasteiger partial charge in [-0.25, -0.2) is 4.79 Å². The monoisotopic (exact) mass is 317 g/mol. The summed E-state index contributed by atoms with van der Waals surface area (Å²) in [4.78, 5) is 25.3. The lowest BCUT2D eigenvalue weighted by molar-refractivity contribution is -0.148. The lowest BCUT2D eigenvalue weighted by Crippen LogP contribution is -2.37. The highest BCUT2D eigenvalue weighted by atomic mass is 16.5. The Morgan fingerprint density at radius 2 is 1.78 bits per heavy atom. The average molecular weight is 317 g/mol. The number of carbonyl (C=O) groups is 2. The summed E-state index contributed by atoms with van der Waals surface area (Å²) in [5.41, 5.74) is 5.17. The third-order valence-electron chi connectivity index (χ3n) is 4.94. The van der Waals surface area contributed by atoms with E-state index < -0.39 is 6.04 Å². The molecule has 4 nitrogen and oxygen atoms in total. The van der Waals surface area contributed by atoms with Gasteiger partial charge in [0.15, 0.2) is 0 Å². The molecule has 2 atom stereocenters. The van der Waals surface area contributed by atoms with Crippen LogP contribution in [0.15, 0.2) is 12.1 Å². The SMILES string of the molecule is CCc1cc(CC)c([C@H]2CC[C@@H](C(=O)OC)N2C=O)c(CC)c1. The minimum absolute atomic E-state index is 0.0209. The Labute approximate surface area is 138 Å². The van der Waals surface area contributed by atoms with Crippen molar-refractivity contribution < 1.29 is 14.3 Å². The van der Waals surface area contributed by atoms with Gasteiger partial charge in [-0.1, -0.05) is 32.9 Å². The third-order valence-corrected chi connectivity index (χ3v) is 4.94. The molecule has 0 aromatic heterocycles. The molecule has 1 aromatic carbocycles. The smallest absolute Gasteiger partial charge is 0.328 e. The highest BCUT2D eigenvalue weighted by molar-refractivity contribution is 5.79. The van der Waals surface area contributed by atoms with Gasteiger partial charge in [0.2, 0.25) is 6.41 Å². The number of aryl methyl sites for hydroxylation is 3. The summed E-state index contributed by atoms with van der Waals surface area (Å²) in [7, 11) is 1.38. The van der Waals surface area contributed by atoms with Crippen molar-refractivity contribution in [1.29, 1.82) is 0 Å². The van der Waals surface area contributed by atoms with Gasteiger partial charge in [0.25, 0.3) is 0 Å². The molecule has 126 valence electrons. The molecule has 1 aromatic rings. The summed E-state index contributed by atoms with van der Waals surface area (Å²) >= 11 is 0. The van der Waals surface area contributed by atoms with Crippen molar-refractivity contribution in [2.75, 3.05) is 7.11 Å². The van der Waals surface area contributed by atoms with E-state index in [0.29, 0.717) is 6.42 Å². The Morgan fingerprint density at radius 1 is 1.17 bits per heavy atom. The van der Waals surface area contributed by atoms with E-state index in [1.165, 1.54) is 29.4 Å². The molecule has 1 heterocycles. The van der Waals surface area contributed by atoms with Gasteiger partial charge in [-0.15, -0.1) is 0 Å². The number of ether oxygens (including phenoxy) is 1. The van der Waals surface area contributed by atoms with Gasteiger partial charge in [-0.2, -0.15) is 0 Å². The van der Waals surface area contributed by atoms with Gasteiger partial charge in [0.1, 0.15) is 6.04 Å². The number of benzene rings is 1. The molecule has 0 unspecified atom stereocenters. The highest BCUT2D eigenvalue weighted by Crippen LogP contribution is 2.39. The van der Waals surface area contributed by atoms with E-state index >= 15 is 0 Å². The standard InChI is InChI=1S/C19H27NO3/c1-5-13-10-14(6-2)18(15(7-3)11-13)16-8-9-17(19(22)23-4)20(16)12-21/h10-12,16-17H,5-9H2,1-4H3/t16-,17+/m1/s1. The summed E-state index contributed by atoms with van der Waals surface area (Å²) in [5.74, 6) is -0.319. The number of nitrogens with zero attached hydrogens (tertiary/aromatic N) is 1. The normalized spacial score (nSPS) is 20.6. The van der Waals surface area contributed by atoms with Crippen molar-refractivity contribution in [3.8, 4) is 0 Å². The predicted octanol–water partition coefficient (Wildman–Crippen LogP) is 3.21. The molecule has 4 heteroatoms. The zero-order chi connectivity index (χ0) is 17.0. The Morgan fingerprint density at radius 3 is 2.22 bits per heavy atom. The van der Waals surface area contributed by atoms with Gasteiger partial charge in [0.05, 0.1) is 13.2 Å². The molecule has 0 radical (unpaired) electrons. The molecular weight excluding hydrogens is 290 g/mol.